The highest BCUT2D eigenvalue weighted by atomic mass is 127. The van der Waals surface area contributed by atoms with Crippen LogP contribution in [0.3, 0.4) is 0 Å². The molecule has 3 nitrogen and oxygen atoms in total. The van der Waals surface area contributed by atoms with Crippen molar-refractivity contribution in [3.05, 3.63) is 28.4 Å². The molecule has 1 aliphatic heterocycles. The van der Waals surface area contributed by atoms with Crippen molar-refractivity contribution < 1.29 is 9.53 Å². The summed E-state index contributed by atoms with van der Waals surface area (Å²) in [6, 6.07) is 4.06. The van der Waals surface area contributed by atoms with Crippen LogP contribution in [0.4, 0.5) is 0 Å². The fraction of sp³-hybridized carbons (Fsp3) is 0.611. The SMILES string of the molecule is O=C(OC1(C2CCCCC2)CCNCC1)c1cc(I)cc(I)c1I. The van der Waals surface area contributed by atoms with E-state index < -0.39 is 0 Å². The molecule has 2 fully saturated rings. The largest absolute Gasteiger partial charge is 0.455 e. The zero-order valence-electron chi connectivity index (χ0n) is 13.5. The van der Waals surface area contributed by atoms with Crippen molar-refractivity contribution in [3.63, 3.8) is 0 Å². The van der Waals surface area contributed by atoms with Gasteiger partial charge in [-0.1, -0.05) is 19.3 Å². The van der Waals surface area contributed by atoms with Gasteiger partial charge in [0.2, 0.25) is 0 Å². The van der Waals surface area contributed by atoms with E-state index in [2.05, 4.69) is 79.2 Å². The lowest BCUT2D eigenvalue weighted by atomic mass is 9.72. The minimum absolute atomic E-state index is 0.136. The Morgan fingerprint density at radius 1 is 1.08 bits per heavy atom. The molecule has 0 atom stereocenters. The van der Waals surface area contributed by atoms with Crippen LogP contribution in [0.15, 0.2) is 12.1 Å². The van der Waals surface area contributed by atoms with E-state index in [4.69, 9.17) is 4.74 Å². The Bertz CT molecular complexity index is 609. The number of rotatable bonds is 3. The van der Waals surface area contributed by atoms with E-state index in [1.165, 1.54) is 32.1 Å². The van der Waals surface area contributed by atoms with E-state index in [1.54, 1.807) is 0 Å². The summed E-state index contributed by atoms with van der Waals surface area (Å²) in [6.07, 6.45) is 8.17. The summed E-state index contributed by atoms with van der Waals surface area (Å²) in [6.45, 7) is 1.90. The third-order valence-electron chi connectivity index (χ3n) is 5.31. The second kappa shape index (κ2) is 8.69. The van der Waals surface area contributed by atoms with E-state index >= 15 is 0 Å². The van der Waals surface area contributed by atoms with Crippen LogP contribution in [0.2, 0.25) is 0 Å². The van der Waals surface area contributed by atoms with E-state index in [0.717, 1.165) is 42.2 Å². The molecule has 6 heteroatoms. The minimum atomic E-state index is -0.265. The predicted octanol–water partition coefficient (Wildman–Crippen LogP) is 5.36. The molecule has 1 saturated heterocycles. The Kier molecular flexibility index (Phi) is 7.09. The van der Waals surface area contributed by atoms with Crippen LogP contribution >= 0.6 is 67.8 Å². The molecule has 0 aromatic heterocycles. The molecule has 132 valence electrons. The Hall–Kier alpha value is 0.840. The lowest BCUT2D eigenvalue weighted by molar-refractivity contribution is -0.0775. The number of nitrogens with one attached hydrogen (secondary N) is 1. The molecule has 0 bridgehead atoms. The first kappa shape index (κ1) is 19.6. The molecule has 1 saturated carbocycles. The fourth-order valence-electron chi connectivity index (χ4n) is 4.02. The summed E-state index contributed by atoms with van der Waals surface area (Å²) in [4.78, 5) is 13.0. The molecule has 1 aromatic carbocycles. The van der Waals surface area contributed by atoms with Gasteiger partial charge in [-0.3, -0.25) is 0 Å². The summed E-state index contributed by atoms with van der Waals surface area (Å²) < 4.78 is 9.51. The number of piperidine rings is 1. The van der Waals surface area contributed by atoms with Crippen molar-refractivity contribution in [2.24, 2.45) is 5.92 Å². The first-order valence-corrected chi connectivity index (χ1v) is 11.8. The van der Waals surface area contributed by atoms with Crippen LogP contribution in [0.1, 0.15) is 55.3 Å². The average molecular weight is 665 g/mol. The van der Waals surface area contributed by atoms with Gasteiger partial charge in [0.05, 0.1) is 5.56 Å². The van der Waals surface area contributed by atoms with Crippen LogP contribution in [-0.2, 0) is 4.74 Å². The molecule has 24 heavy (non-hydrogen) atoms. The topological polar surface area (TPSA) is 38.3 Å². The van der Waals surface area contributed by atoms with Gasteiger partial charge >= 0.3 is 5.97 Å². The molecule has 0 unspecified atom stereocenters. The molecule has 3 rings (SSSR count). The summed E-state index contributed by atoms with van der Waals surface area (Å²) in [7, 11) is 0. The van der Waals surface area contributed by atoms with Gasteiger partial charge < -0.3 is 10.1 Å². The normalized spacial score (nSPS) is 21.5. The monoisotopic (exact) mass is 665 g/mol. The van der Waals surface area contributed by atoms with Crippen molar-refractivity contribution >= 4 is 73.7 Å². The van der Waals surface area contributed by atoms with Crippen molar-refractivity contribution in [2.45, 2.75) is 50.5 Å². The summed E-state index contributed by atoms with van der Waals surface area (Å²) in [5.74, 6) is 0.389. The predicted molar refractivity (Wildman–Crippen MR) is 121 cm³/mol. The third-order valence-corrected chi connectivity index (χ3v) is 8.98. The van der Waals surface area contributed by atoms with Crippen molar-refractivity contribution in [1.82, 2.24) is 5.32 Å². The Morgan fingerprint density at radius 2 is 1.75 bits per heavy atom. The zero-order valence-corrected chi connectivity index (χ0v) is 20.0. The first-order valence-electron chi connectivity index (χ1n) is 8.60. The zero-order chi connectivity index (χ0) is 17.2. The van der Waals surface area contributed by atoms with Gasteiger partial charge in [-0.25, -0.2) is 4.79 Å². The number of hydrogen-bond acceptors (Lipinski definition) is 3. The summed E-state index contributed by atoms with van der Waals surface area (Å²) >= 11 is 6.84. The van der Waals surface area contributed by atoms with Gasteiger partial charge in [0.1, 0.15) is 5.60 Å². The van der Waals surface area contributed by atoms with Crippen LogP contribution in [0, 0.1) is 16.6 Å². The highest BCUT2D eigenvalue weighted by Gasteiger charge is 2.43. The Balaban J connectivity index is 1.86. The number of hydrogen-bond donors (Lipinski definition) is 1. The van der Waals surface area contributed by atoms with Crippen molar-refractivity contribution in [1.29, 1.82) is 0 Å². The maximum Gasteiger partial charge on any atom is 0.339 e. The quantitative estimate of drug-likeness (QED) is 0.269. The number of ether oxygens (including phenoxy) is 1. The van der Waals surface area contributed by atoms with Gasteiger partial charge in [0, 0.05) is 23.6 Å². The van der Waals surface area contributed by atoms with Gasteiger partial charge in [-0.2, -0.15) is 0 Å². The van der Waals surface area contributed by atoms with E-state index in [1.807, 2.05) is 6.07 Å². The van der Waals surface area contributed by atoms with Gasteiger partial charge in [0.25, 0.3) is 0 Å². The van der Waals surface area contributed by atoms with E-state index in [-0.39, 0.29) is 11.6 Å². The van der Waals surface area contributed by atoms with Crippen LogP contribution in [-0.4, -0.2) is 24.7 Å². The average Bonchev–Trinajstić information content (AvgIpc) is 2.59. The molecule has 0 radical (unpaired) electrons. The number of benzene rings is 1. The fourth-order valence-corrected chi connectivity index (χ4v) is 6.39. The summed E-state index contributed by atoms with van der Waals surface area (Å²) in [5.41, 5.74) is 0.457. The lowest BCUT2D eigenvalue weighted by Crippen LogP contribution is -2.51. The second-order valence-electron chi connectivity index (χ2n) is 6.79. The smallest absolute Gasteiger partial charge is 0.339 e. The lowest BCUT2D eigenvalue weighted by Gasteiger charge is -2.44. The van der Waals surface area contributed by atoms with Crippen molar-refractivity contribution in [2.75, 3.05) is 13.1 Å². The van der Waals surface area contributed by atoms with Crippen molar-refractivity contribution in [3.8, 4) is 0 Å². The molecule has 1 aliphatic carbocycles. The Labute approximate surface area is 184 Å². The summed E-state index contributed by atoms with van der Waals surface area (Å²) in [5, 5.41) is 3.43. The van der Waals surface area contributed by atoms with E-state index in [9.17, 15) is 4.79 Å². The number of halogens is 3. The van der Waals surface area contributed by atoms with Crippen LogP contribution in [0.5, 0.6) is 0 Å². The first-order chi connectivity index (χ1) is 11.5. The van der Waals surface area contributed by atoms with Crippen LogP contribution < -0.4 is 5.32 Å². The Morgan fingerprint density at radius 3 is 2.42 bits per heavy atom. The van der Waals surface area contributed by atoms with Gasteiger partial charge in [-0.15, -0.1) is 0 Å². The minimum Gasteiger partial charge on any atom is -0.455 e. The maximum absolute atomic E-state index is 13.0. The highest BCUT2D eigenvalue weighted by Crippen LogP contribution is 2.41. The molecule has 1 heterocycles. The van der Waals surface area contributed by atoms with E-state index in [0.29, 0.717) is 5.92 Å². The number of carbonyl (C=O) groups is 1. The second-order valence-corrected chi connectivity index (χ2v) is 10.3. The van der Waals surface area contributed by atoms with Gasteiger partial charge in [-0.05, 0) is 112 Å². The molecule has 1 aromatic rings. The number of carbonyl (C=O) groups excluding carboxylic acids is 1. The molecule has 2 aliphatic rings. The molecule has 0 amide bonds. The third kappa shape index (κ3) is 4.39. The highest BCUT2D eigenvalue weighted by molar-refractivity contribution is 14.1. The molecular formula is C18H22I3NO2. The maximum atomic E-state index is 13.0. The van der Waals surface area contributed by atoms with Gasteiger partial charge in [0.15, 0.2) is 0 Å². The molecular weight excluding hydrogens is 643 g/mol. The standard InChI is InChI=1S/C18H22I3NO2/c19-13-10-14(16(21)15(20)11-13)17(23)24-18(6-8-22-9-7-18)12-4-2-1-3-5-12/h10-12,22H,1-9H2. The molecule has 1 N–H and O–H groups in total. The molecule has 0 spiro atoms. The van der Waals surface area contributed by atoms with Crippen LogP contribution in [0.25, 0.3) is 0 Å². The number of esters is 1.